The number of aromatic nitrogens is 2. The van der Waals surface area contributed by atoms with Crippen LogP contribution < -0.4 is 5.32 Å². The summed E-state index contributed by atoms with van der Waals surface area (Å²) in [6.07, 6.45) is 1.14. The number of carbonyl (C=O) groups is 1. The molecule has 17 heavy (non-hydrogen) atoms. The third-order valence-electron chi connectivity index (χ3n) is 3.01. The number of carbonyl (C=O) groups excluding carboxylic acids is 1. The Labute approximate surface area is 101 Å². The summed E-state index contributed by atoms with van der Waals surface area (Å²) in [5.74, 6) is 1.25. The summed E-state index contributed by atoms with van der Waals surface area (Å²) in [6, 6.07) is 3.89. The minimum atomic E-state index is 0.0910. The van der Waals surface area contributed by atoms with Gasteiger partial charge < -0.3 is 10.2 Å². The van der Waals surface area contributed by atoms with Gasteiger partial charge in [-0.3, -0.25) is 4.79 Å². The first kappa shape index (κ1) is 12.0. The molecule has 92 valence electrons. The maximum absolute atomic E-state index is 10.8. The fourth-order valence-electron chi connectivity index (χ4n) is 2.05. The van der Waals surface area contributed by atoms with Crippen LogP contribution in [0, 0.1) is 0 Å². The van der Waals surface area contributed by atoms with Crippen molar-refractivity contribution in [3.63, 3.8) is 0 Å². The number of hydrogen-bond acceptors (Lipinski definition) is 5. The largest absolute Gasteiger partial charge is 0.362 e. The van der Waals surface area contributed by atoms with Gasteiger partial charge in [0.2, 0.25) is 0 Å². The number of likely N-dealkylation sites (tertiary alicyclic amines) is 1. The second-order valence-corrected chi connectivity index (χ2v) is 4.65. The molecule has 5 nitrogen and oxygen atoms in total. The number of anilines is 1. The molecule has 1 unspecified atom stereocenters. The summed E-state index contributed by atoms with van der Waals surface area (Å²) in [4.78, 5) is 13.1. The Morgan fingerprint density at radius 2 is 2.35 bits per heavy atom. The van der Waals surface area contributed by atoms with E-state index in [0.29, 0.717) is 18.3 Å². The topological polar surface area (TPSA) is 58.1 Å². The van der Waals surface area contributed by atoms with Crippen molar-refractivity contribution in [2.75, 3.05) is 32.0 Å². The first-order chi connectivity index (χ1) is 8.15. The molecule has 2 rings (SSSR count). The molecule has 5 heteroatoms. The zero-order valence-corrected chi connectivity index (χ0v) is 10.3. The van der Waals surface area contributed by atoms with E-state index < -0.39 is 0 Å². The molecule has 1 aliphatic heterocycles. The van der Waals surface area contributed by atoms with E-state index in [0.717, 1.165) is 25.2 Å². The van der Waals surface area contributed by atoms with E-state index in [-0.39, 0.29) is 5.78 Å². The van der Waals surface area contributed by atoms with Crippen molar-refractivity contribution >= 4 is 11.6 Å². The molecule has 1 N–H and O–H groups in total. The molecule has 1 fully saturated rings. The van der Waals surface area contributed by atoms with Crippen molar-refractivity contribution in [1.29, 1.82) is 0 Å². The molecule has 1 atom stereocenters. The Kier molecular flexibility index (Phi) is 3.68. The van der Waals surface area contributed by atoms with Gasteiger partial charge in [0.15, 0.2) is 0 Å². The lowest BCUT2D eigenvalue weighted by Crippen LogP contribution is -2.14. The molecule has 1 aromatic heterocycles. The van der Waals surface area contributed by atoms with Crippen molar-refractivity contribution in [2.24, 2.45) is 0 Å². The normalized spacial score (nSPS) is 20.5. The summed E-state index contributed by atoms with van der Waals surface area (Å²) in [7, 11) is 2.12. The molecule has 0 spiro atoms. The minimum absolute atomic E-state index is 0.0910. The molecule has 1 aromatic rings. The van der Waals surface area contributed by atoms with Gasteiger partial charge in [0.1, 0.15) is 11.6 Å². The Morgan fingerprint density at radius 3 is 2.88 bits per heavy atom. The highest BCUT2D eigenvalue weighted by Gasteiger charge is 2.22. The number of hydrogen-bond donors (Lipinski definition) is 1. The van der Waals surface area contributed by atoms with Crippen molar-refractivity contribution in [3.05, 3.63) is 17.8 Å². The van der Waals surface area contributed by atoms with Crippen LogP contribution in [-0.4, -0.2) is 47.6 Å². The van der Waals surface area contributed by atoms with E-state index in [4.69, 9.17) is 0 Å². The lowest BCUT2D eigenvalue weighted by atomic mass is 10.1. The smallest absolute Gasteiger partial charge is 0.149 e. The van der Waals surface area contributed by atoms with Gasteiger partial charge in [-0.1, -0.05) is 0 Å². The van der Waals surface area contributed by atoms with Gasteiger partial charge in [-0.15, -0.1) is 5.10 Å². The predicted molar refractivity (Wildman–Crippen MR) is 66.1 cm³/mol. The third-order valence-corrected chi connectivity index (χ3v) is 3.01. The van der Waals surface area contributed by atoms with Gasteiger partial charge in [0.25, 0.3) is 0 Å². The first-order valence-electron chi connectivity index (χ1n) is 5.90. The van der Waals surface area contributed by atoms with Crippen LogP contribution in [-0.2, 0) is 4.79 Å². The van der Waals surface area contributed by atoms with Crippen LogP contribution in [0.25, 0.3) is 0 Å². The van der Waals surface area contributed by atoms with E-state index in [9.17, 15) is 4.79 Å². The Morgan fingerprint density at radius 1 is 1.53 bits per heavy atom. The van der Waals surface area contributed by atoms with Crippen LogP contribution in [0.5, 0.6) is 0 Å². The average Bonchev–Trinajstić information content (AvgIpc) is 2.74. The minimum Gasteiger partial charge on any atom is -0.362 e. The molecular weight excluding hydrogens is 216 g/mol. The van der Waals surface area contributed by atoms with Crippen LogP contribution in [0.3, 0.4) is 0 Å². The maximum atomic E-state index is 10.8. The number of ketones is 1. The van der Waals surface area contributed by atoms with E-state index in [2.05, 4.69) is 27.5 Å². The monoisotopic (exact) mass is 234 g/mol. The zero-order valence-electron chi connectivity index (χ0n) is 10.3. The zero-order chi connectivity index (χ0) is 12.3. The molecule has 0 saturated carbocycles. The number of likely N-dealkylation sites (N-methyl/N-ethyl adjacent to an activating group) is 1. The van der Waals surface area contributed by atoms with Crippen LogP contribution >= 0.6 is 0 Å². The quantitative estimate of drug-likeness (QED) is 0.838. The standard InChI is InChI=1S/C12H18N4O/c1-9(17)7-13-12-4-3-11(14-15-12)10-5-6-16(2)8-10/h3-4,10H,5-8H2,1-2H3,(H,13,15). The molecule has 1 saturated heterocycles. The predicted octanol–water partition coefficient (Wildman–Crippen LogP) is 0.897. The van der Waals surface area contributed by atoms with E-state index in [1.54, 1.807) is 6.92 Å². The van der Waals surface area contributed by atoms with Gasteiger partial charge >= 0.3 is 0 Å². The molecular formula is C12H18N4O. The van der Waals surface area contributed by atoms with Crippen LogP contribution in [0.15, 0.2) is 12.1 Å². The Bertz CT molecular complexity index is 390. The van der Waals surface area contributed by atoms with Crippen LogP contribution in [0.2, 0.25) is 0 Å². The highest BCUT2D eigenvalue weighted by atomic mass is 16.1. The Hall–Kier alpha value is -1.49. The van der Waals surface area contributed by atoms with Gasteiger partial charge in [-0.25, -0.2) is 0 Å². The second-order valence-electron chi connectivity index (χ2n) is 4.65. The number of rotatable bonds is 4. The molecule has 2 heterocycles. The summed E-state index contributed by atoms with van der Waals surface area (Å²) >= 11 is 0. The second kappa shape index (κ2) is 5.23. The summed E-state index contributed by atoms with van der Waals surface area (Å²) in [5, 5.41) is 11.2. The van der Waals surface area contributed by atoms with E-state index in [1.165, 1.54) is 0 Å². The molecule has 0 amide bonds. The van der Waals surface area contributed by atoms with E-state index in [1.807, 2.05) is 12.1 Å². The van der Waals surface area contributed by atoms with Crippen molar-refractivity contribution < 1.29 is 4.79 Å². The highest BCUT2D eigenvalue weighted by molar-refractivity contribution is 5.79. The van der Waals surface area contributed by atoms with Crippen LogP contribution in [0.1, 0.15) is 25.0 Å². The average molecular weight is 234 g/mol. The van der Waals surface area contributed by atoms with E-state index >= 15 is 0 Å². The van der Waals surface area contributed by atoms with Gasteiger partial charge in [0, 0.05) is 12.5 Å². The lowest BCUT2D eigenvalue weighted by Gasteiger charge is -2.09. The Balaban J connectivity index is 1.95. The summed E-state index contributed by atoms with van der Waals surface area (Å²) in [6.45, 7) is 4.02. The third kappa shape index (κ3) is 3.23. The summed E-state index contributed by atoms with van der Waals surface area (Å²) < 4.78 is 0. The molecule has 0 radical (unpaired) electrons. The number of Topliss-reactive ketones (excluding diaryl/α,β-unsaturated/α-hetero) is 1. The fraction of sp³-hybridized carbons (Fsp3) is 0.583. The van der Waals surface area contributed by atoms with Crippen molar-refractivity contribution in [1.82, 2.24) is 15.1 Å². The SMILES string of the molecule is CC(=O)CNc1ccc(C2CCN(C)C2)nn1. The molecule has 0 bridgehead atoms. The first-order valence-corrected chi connectivity index (χ1v) is 5.90. The van der Waals surface area contributed by atoms with Crippen molar-refractivity contribution in [2.45, 2.75) is 19.3 Å². The molecule has 0 aromatic carbocycles. The maximum Gasteiger partial charge on any atom is 0.149 e. The number of nitrogens with one attached hydrogen (secondary N) is 1. The van der Waals surface area contributed by atoms with Gasteiger partial charge in [-0.05, 0) is 39.1 Å². The van der Waals surface area contributed by atoms with Crippen LogP contribution in [0.4, 0.5) is 5.82 Å². The fourth-order valence-corrected chi connectivity index (χ4v) is 2.05. The van der Waals surface area contributed by atoms with Crippen molar-refractivity contribution in [3.8, 4) is 0 Å². The summed E-state index contributed by atoms with van der Waals surface area (Å²) in [5.41, 5.74) is 1.04. The molecule has 0 aliphatic carbocycles. The molecule has 1 aliphatic rings. The van der Waals surface area contributed by atoms with Gasteiger partial charge in [-0.2, -0.15) is 5.10 Å². The highest BCUT2D eigenvalue weighted by Crippen LogP contribution is 2.24. The van der Waals surface area contributed by atoms with Gasteiger partial charge in [0.05, 0.1) is 12.2 Å². The number of nitrogens with zero attached hydrogens (tertiary/aromatic N) is 3. The lowest BCUT2D eigenvalue weighted by molar-refractivity contribution is -0.115.